The molecule has 0 aliphatic carbocycles. The van der Waals surface area contributed by atoms with Crippen molar-refractivity contribution in [1.82, 2.24) is 9.55 Å². The lowest BCUT2D eigenvalue weighted by molar-refractivity contribution is 0.717. The number of hydrogen-bond acceptors (Lipinski definition) is 4. The number of rotatable bonds is 4. The van der Waals surface area contributed by atoms with Gasteiger partial charge in [0.25, 0.3) is 0 Å². The maximum absolute atomic E-state index is 6.09. The van der Waals surface area contributed by atoms with Crippen LogP contribution in [0.25, 0.3) is 0 Å². The number of nitrogens with zero attached hydrogens (tertiary/aromatic N) is 2. The van der Waals surface area contributed by atoms with E-state index in [9.17, 15) is 0 Å². The number of thioether (sulfide) groups is 1. The highest BCUT2D eigenvalue weighted by atomic mass is 32.2. The lowest BCUT2D eigenvalue weighted by atomic mass is 10.2. The Hall–Kier alpha value is -0.780. The Bertz CT molecular complexity index is 487. The van der Waals surface area contributed by atoms with Gasteiger partial charge < -0.3 is 10.3 Å². The van der Waals surface area contributed by atoms with Crippen LogP contribution in [0.5, 0.6) is 0 Å². The SMILES string of the molecule is Cc1ccc(C(Sc2nccn2C)C(C)N)s1. The molecule has 0 fully saturated rings. The zero-order valence-corrected chi connectivity index (χ0v) is 11.9. The highest BCUT2D eigenvalue weighted by molar-refractivity contribution is 7.99. The topological polar surface area (TPSA) is 43.8 Å². The van der Waals surface area contributed by atoms with E-state index in [4.69, 9.17) is 5.73 Å². The Morgan fingerprint density at radius 2 is 2.24 bits per heavy atom. The summed E-state index contributed by atoms with van der Waals surface area (Å²) in [5, 5.41) is 1.29. The molecule has 2 aromatic heterocycles. The molecule has 17 heavy (non-hydrogen) atoms. The Morgan fingerprint density at radius 3 is 2.71 bits per heavy atom. The zero-order valence-electron chi connectivity index (χ0n) is 10.3. The molecule has 0 radical (unpaired) electrons. The van der Waals surface area contributed by atoms with Crippen LogP contribution < -0.4 is 5.73 Å². The summed E-state index contributed by atoms with van der Waals surface area (Å²) in [6.07, 6.45) is 3.78. The fraction of sp³-hybridized carbons (Fsp3) is 0.417. The van der Waals surface area contributed by atoms with Crippen LogP contribution in [-0.4, -0.2) is 15.6 Å². The van der Waals surface area contributed by atoms with Gasteiger partial charge in [-0.2, -0.15) is 0 Å². The van der Waals surface area contributed by atoms with Crippen LogP contribution >= 0.6 is 23.1 Å². The normalized spacial score (nSPS) is 14.8. The summed E-state index contributed by atoms with van der Waals surface area (Å²) in [7, 11) is 2.01. The molecular weight excluding hydrogens is 250 g/mol. The fourth-order valence-electron chi connectivity index (χ4n) is 1.61. The molecule has 2 N–H and O–H groups in total. The molecule has 0 aliphatic rings. The Balaban J connectivity index is 2.22. The van der Waals surface area contributed by atoms with Crippen molar-refractivity contribution >= 4 is 23.1 Å². The van der Waals surface area contributed by atoms with Gasteiger partial charge in [-0.25, -0.2) is 4.98 Å². The van der Waals surface area contributed by atoms with Gasteiger partial charge >= 0.3 is 0 Å². The summed E-state index contributed by atoms with van der Waals surface area (Å²) < 4.78 is 2.03. The van der Waals surface area contributed by atoms with Crippen LogP contribution in [0, 0.1) is 6.92 Å². The standard InChI is InChI=1S/C12H17N3S2/c1-8-4-5-10(16-8)11(9(2)13)17-12-14-6-7-15(12)3/h4-7,9,11H,13H2,1-3H3. The molecule has 5 heteroatoms. The molecule has 0 aliphatic heterocycles. The molecule has 92 valence electrons. The number of thiophene rings is 1. The monoisotopic (exact) mass is 267 g/mol. The predicted octanol–water partition coefficient (Wildman–Crippen LogP) is 2.97. The second-order valence-corrected chi connectivity index (χ2v) is 6.59. The zero-order chi connectivity index (χ0) is 12.4. The largest absolute Gasteiger partial charge is 0.329 e. The Labute approximate surface area is 110 Å². The predicted molar refractivity (Wildman–Crippen MR) is 74.5 cm³/mol. The average Bonchev–Trinajstić information content (AvgIpc) is 2.84. The van der Waals surface area contributed by atoms with Crippen LogP contribution in [0.2, 0.25) is 0 Å². The molecule has 3 nitrogen and oxygen atoms in total. The quantitative estimate of drug-likeness (QED) is 0.866. The molecule has 2 rings (SSSR count). The highest BCUT2D eigenvalue weighted by Gasteiger charge is 2.21. The van der Waals surface area contributed by atoms with Crippen LogP contribution in [0.15, 0.2) is 29.7 Å². The summed E-state index contributed by atoms with van der Waals surface area (Å²) in [5.41, 5.74) is 6.09. The Kier molecular flexibility index (Phi) is 3.91. The smallest absolute Gasteiger partial charge is 0.168 e. The van der Waals surface area contributed by atoms with Crippen molar-refractivity contribution in [2.75, 3.05) is 0 Å². The molecule has 0 spiro atoms. The summed E-state index contributed by atoms with van der Waals surface area (Å²) >= 11 is 3.55. The van der Waals surface area contributed by atoms with E-state index in [1.807, 2.05) is 35.3 Å². The first-order valence-corrected chi connectivity index (χ1v) is 7.23. The summed E-state index contributed by atoms with van der Waals surface area (Å²) in [5.74, 6) is 0. The maximum atomic E-state index is 6.09. The van der Waals surface area contributed by atoms with E-state index in [0.717, 1.165) is 5.16 Å². The van der Waals surface area contributed by atoms with E-state index in [2.05, 4.69) is 31.0 Å². The van der Waals surface area contributed by atoms with Crippen molar-refractivity contribution in [3.63, 3.8) is 0 Å². The van der Waals surface area contributed by atoms with Gasteiger partial charge in [-0.15, -0.1) is 11.3 Å². The number of hydrogen-bond donors (Lipinski definition) is 1. The third-order valence-corrected chi connectivity index (χ3v) is 5.30. The van der Waals surface area contributed by atoms with Crippen molar-refractivity contribution in [2.24, 2.45) is 12.8 Å². The molecule has 0 saturated carbocycles. The van der Waals surface area contributed by atoms with Crippen molar-refractivity contribution in [3.8, 4) is 0 Å². The van der Waals surface area contributed by atoms with E-state index in [-0.39, 0.29) is 11.3 Å². The number of aryl methyl sites for hydroxylation is 2. The van der Waals surface area contributed by atoms with Crippen molar-refractivity contribution in [1.29, 1.82) is 0 Å². The highest BCUT2D eigenvalue weighted by Crippen LogP contribution is 2.39. The molecule has 2 unspecified atom stereocenters. The maximum Gasteiger partial charge on any atom is 0.168 e. The van der Waals surface area contributed by atoms with Gasteiger partial charge in [0, 0.05) is 35.2 Å². The van der Waals surface area contributed by atoms with E-state index in [1.165, 1.54) is 9.75 Å². The van der Waals surface area contributed by atoms with Crippen LogP contribution in [0.3, 0.4) is 0 Å². The summed E-state index contributed by atoms with van der Waals surface area (Å²) in [6.45, 7) is 4.17. The van der Waals surface area contributed by atoms with Gasteiger partial charge in [0.1, 0.15) is 0 Å². The molecule has 2 aromatic rings. The number of imidazole rings is 1. The van der Waals surface area contributed by atoms with Gasteiger partial charge in [0.15, 0.2) is 5.16 Å². The minimum atomic E-state index is 0.106. The molecule has 0 saturated heterocycles. The lowest BCUT2D eigenvalue weighted by Gasteiger charge is -2.18. The minimum absolute atomic E-state index is 0.106. The fourth-order valence-corrected chi connectivity index (χ4v) is 3.86. The minimum Gasteiger partial charge on any atom is -0.329 e. The van der Waals surface area contributed by atoms with E-state index in [1.54, 1.807) is 11.8 Å². The molecule has 2 atom stereocenters. The van der Waals surface area contributed by atoms with Gasteiger partial charge in [0.2, 0.25) is 0 Å². The van der Waals surface area contributed by atoms with Gasteiger partial charge in [0.05, 0.1) is 5.25 Å². The van der Waals surface area contributed by atoms with Crippen molar-refractivity contribution in [3.05, 3.63) is 34.3 Å². The van der Waals surface area contributed by atoms with Crippen LogP contribution in [0.4, 0.5) is 0 Å². The van der Waals surface area contributed by atoms with Gasteiger partial charge in [-0.3, -0.25) is 0 Å². The summed E-state index contributed by atoms with van der Waals surface area (Å²) in [6, 6.07) is 4.42. The van der Waals surface area contributed by atoms with Crippen molar-refractivity contribution in [2.45, 2.75) is 30.3 Å². The van der Waals surface area contributed by atoms with E-state index in [0.29, 0.717) is 0 Å². The first kappa shape index (κ1) is 12.7. The van der Waals surface area contributed by atoms with E-state index < -0.39 is 0 Å². The summed E-state index contributed by atoms with van der Waals surface area (Å²) in [4.78, 5) is 6.99. The first-order chi connectivity index (χ1) is 8.08. The molecule has 0 aromatic carbocycles. The van der Waals surface area contributed by atoms with Gasteiger partial charge in [-0.05, 0) is 26.0 Å². The van der Waals surface area contributed by atoms with Crippen LogP contribution in [0.1, 0.15) is 21.9 Å². The van der Waals surface area contributed by atoms with Crippen molar-refractivity contribution < 1.29 is 0 Å². The van der Waals surface area contributed by atoms with Gasteiger partial charge in [-0.1, -0.05) is 11.8 Å². The van der Waals surface area contributed by atoms with Crippen LogP contribution in [-0.2, 0) is 7.05 Å². The second-order valence-electron chi connectivity index (χ2n) is 4.17. The lowest BCUT2D eigenvalue weighted by Crippen LogP contribution is -2.22. The molecule has 2 heterocycles. The number of aromatic nitrogens is 2. The third-order valence-electron chi connectivity index (χ3n) is 2.53. The first-order valence-electron chi connectivity index (χ1n) is 5.54. The molecular formula is C12H17N3S2. The van der Waals surface area contributed by atoms with E-state index >= 15 is 0 Å². The second kappa shape index (κ2) is 5.25. The Morgan fingerprint density at radius 1 is 1.47 bits per heavy atom. The average molecular weight is 267 g/mol. The molecule has 0 bridgehead atoms. The molecule has 0 amide bonds. The number of nitrogens with two attached hydrogens (primary N) is 1. The third kappa shape index (κ3) is 2.91.